The molecule has 3 atom stereocenters. The number of nitrogens with zero attached hydrogens (tertiary/aromatic N) is 4. The summed E-state index contributed by atoms with van der Waals surface area (Å²) in [5.41, 5.74) is 3.38. The number of piperazine rings is 1. The molecule has 0 spiro atoms. The van der Waals surface area contributed by atoms with Gasteiger partial charge in [-0.3, -0.25) is 10.2 Å². The van der Waals surface area contributed by atoms with Crippen LogP contribution in [0.3, 0.4) is 0 Å². The van der Waals surface area contributed by atoms with Crippen LogP contribution in [0.1, 0.15) is 35.5 Å². The molecular weight excluding hydrogens is 510 g/mol. The van der Waals surface area contributed by atoms with Crippen LogP contribution < -0.4 is 10.2 Å². The van der Waals surface area contributed by atoms with Crippen molar-refractivity contribution >= 4 is 17.7 Å². The first kappa shape index (κ1) is 27.7. The Morgan fingerprint density at radius 3 is 2.40 bits per heavy atom. The Morgan fingerprint density at radius 1 is 1.02 bits per heavy atom. The average molecular weight is 546 g/mol. The van der Waals surface area contributed by atoms with Crippen LogP contribution in [-0.4, -0.2) is 71.5 Å². The zero-order valence-corrected chi connectivity index (χ0v) is 22.4. The van der Waals surface area contributed by atoms with Gasteiger partial charge in [-0.2, -0.15) is 0 Å². The van der Waals surface area contributed by atoms with Crippen molar-refractivity contribution in [3.05, 3.63) is 96.3 Å². The molecule has 2 aromatic carbocycles. The molecule has 0 radical (unpaired) electrons. The summed E-state index contributed by atoms with van der Waals surface area (Å²) < 4.78 is 17.9. The highest BCUT2D eigenvalue weighted by atomic mass is 16.7. The highest BCUT2D eigenvalue weighted by Crippen LogP contribution is 2.38. The number of aliphatic hydroxyl groups excluding tert-OH is 1. The van der Waals surface area contributed by atoms with Crippen molar-refractivity contribution in [2.45, 2.75) is 31.5 Å². The molecule has 2 N–H and O–H groups in total. The standard InChI is InChI=1S/C30H35N5O5/c1-2-18-38-30(37)33-25-10-8-24(9-11-25)28-39-26(19-27(40-28)23-6-4-22(21-36)5-7-23)20-34-14-16-35(17-15-34)29-31-12-3-13-32-29/h2-13,26-28,36H,1,14-21H2,(H,33,37). The van der Waals surface area contributed by atoms with Crippen molar-refractivity contribution in [1.29, 1.82) is 0 Å². The van der Waals surface area contributed by atoms with Crippen LogP contribution >= 0.6 is 0 Å². The molecule has 1 amide bonds. The third-order valence-corrected chi connectivity index (χ3v) is 7.05. The number of carbonyl (C=O) groups is 1. The number of hydrogen-bond donors (Lipinski definition) is 2. The lowest BCUT2D eigenvalue weighted by Crippen LogP contribution is -2.50. The monoisotopic (exact) mass is 545 g/mol. The summed E-state index contributed by atoms with van der Waals surface area (Å²) in [6.45, 7) is 7.96. The predicted octanol–water partition coefficient (Wildman–Crippen LogP) is 4.07. The molecule has 0 aliphatic carbocycles. The number of hydrogen-bond acceptors (Lipinski definition) is 9. The quantitative estimate of drug-likeness (QED) is 0.385. The van der Waals surface area contributed by atoms with Crippen molar-refractivity contribution in [2.75, 3.05) is 49.5 Å². The first-order valence-corrected chi connectivity index (χ1v) is 13.5. The number of aliphatic hydroxyl groups is 1. The first-order valence-electron chi connectivity index (χ1n) is 13.5. The summed E-state index contributed by atoms with van der Waals surface area (Å²) in [6.07, 6.45) is 4.46. The van der Waals surface area contributed by atoms with Crippen LogP contribution in [0, 0.1) is 0 Å². The van der Waals surface area contributed by atoms with Crippen molar-refractivity contribution in [1.82, 2.24) is 14.9 Å². The van der Waals surface area contributed by atoms with E-state index in [1.54, 1.807) is 24.5 Å². The maximum absolute atomic E-state index is 11.9. The molecule has 3 aromatic rings. The fourth-order valence-corrected chi connectivity index (χ4v) is 4.92. The molecular formula is C30H35N5O5. The number of rotatable bonds is 9. The number of benzene rings is 2. The van der Waals surface area contributed by atoms with E-state index in [9.17, 15) is 9.90 Å². The first-order chi connectivity index (χ1) is 19.6. The predicted molar refractivity (Wildman–Crippen MR) is 151 cm³/mol. The van der Waals surface area contributed by atoms with Crippen LogP contribution in [0.15, 0.2) is 79.6 Å². The molecule has 2 saturated heterocycles. The summed E-state index contributed by atoms with van der Waals surface area (Å²) in [4.78, 5) is 25.3. The molecule has 10 heteroatoms. The van der Waals surface area contributed by atoms with Crippen LogP contribution in [0.4, 0.5) is 16.4 Å². The summed E-state index contributed by atoms with van der Waals surface area (Å²) >= 11 is 0. The van der Waals surface area contributed by atoms with E-state index in [1.165, 1.54) is 6.08 Å². The van der Waals surface area contributed by atoms with Crippen LogP contribution in [-0.2, 0) is 20.8 Å². The van der Waals surface area contributed by atoms with Crippen LogP contribution in [0.5, 0.6) is 0 Å². The Kier molecular flexibility index (Phi) is 9.35. The highest BCUT2D eigenvalue weighted by Gasteiger charge is 2.34. The Hall–Kier alpha value is -3.83. The molecule has 210 valence electrons. The van der Waals surface area contributed by atoms with E-state index in [0.717, 1.165) is 55.4 Å². The zero-order chi connectivity index (χ0) is 27.7. The van der Waals surface area contributed by atoms with E-state index in [1.807, 2.05) is 42.5 Å². The lowest BCUT2D eigenvalue weighted by atomic mass is 9.99. The normalized spacial score (nSPS) is 21.5. The average Bonchev–Trinajstić information content (AvgIpc) is 3.01. The third kappa shape index (κ3) is 7.22. The number of ether oxygens (including phenoxy) is 3. The maximum atomic E-state index is 11.9. The molecule has 1 aromatic heterocycles. The summed E-state index contributed by atoms with van der Waals surface area (Å²) in [7, 11) is 0. The van der Waals surface area contributed by atoms with Gasteiger partial charge in [-0.15, -0.1) is 0 Å². The molecule has 2 aliphatic rings. The zero-order valence-electron chi connectivity index (χ0n) is 22.4. The number of aromatic nitrogens is 2. The molecule has 40 heavy (non-hydrogen) atoms. The molecule has 0 bridgehead atoms. The van der Waals surface area contributed by atoms with Crippen LogP contribution in [0.2, 0.25) is 0 Å². The van der Waals surface area contributed by atoms with Gasteiger partial charge in [-0.1, -0.05) is 49.1 Å². The molecule has 0 saturated carbocycles. The Bertz CT molecular complexity index is 1230. The smallest absolute Gasteiger partial charge is 0.411 e. The SMILES string of the molecule is C=CCOC(=O)Nc1ccc(C2OC(CN3CCN(c4ncccn4)CC3)CC(c3ccc(CO)cc3)O2)cc1. The van der Waals surface area contributed by atoms with Gasteiger partial charge in [0.2, 0.25) is 5.95 Å². The van der Waals surface area contributed by atoms with E-state index in [-0.39, 0.29) is 25.4 Å². The van der Waals surface area contributed by atoms with Gasteiger partial charge in [0, 0.05) is 62.8 Å². The number of carbonyl (C=O) groups excluding carboxylic acids is 1. The largest absolute Gasteiger partial charge is 0.445 e. The number of amides is 1. The van der Waals surface area contributed by atoms with E-state index >= 15 is 0 Å². The van der Waals surface area contributed by atoms with E-state index in [2.05, 4.69) is 31.7 Å². The van der Waals surface area contributed by atoms with Gasteiger partial charge in [0.05, 0.1) is 18.8 Å². The van der Waals surface area contributed by atoms with Crippen molar-refractivity contribution in [3.8, 4) is 0 Å². The minimum Gasteiger partial charge on any atom is -0.445 e. The van der Waals surface area contributed by atoms with Gasteiger partial charge in [-0.25, -0.2) is 14.8 Å². The fraction of sp³-hybridized carbons (Fsp3) is 0.367. The lowest BCUT2D eigenvalue weighted by Gasteiger charge is -2.40. The van der Waals surface area contributed by atoms with E-state index < -0.39 is 12.4 Å². The van der Waals surface area contributed by atoms with Crippen molar-refractivity contribution in [2.24, 2.45) is 0 Å². The second-order valence-electron chi connectivity index (χ2n) is 9.82. The Morgan fingerprint density at radius 2 is 1.73 bits per heavy atom. The number of anilines is 2. The molecule has 2 aliphatic heterocycles. The molecule has 10 nitrogen and oxygen atoms in total. The third-order valence-electron chi connectivity index (χ3n) is 7.05. The van der Waals surface area contributed by atoms with Crippen molar-refractivity contribution < 1.29 is 24.1 Å². The highest BCUT2D eigenvalue weighted by molar-refractivity contribution is 5.84. The Labute approximate surface area is 234 Å². The topological polar surface area (TPSA) is 109 Å². The second kappa shape index (κ2) is 13.5. The van der Waals surface area contributed by atoms with Gasteiger partial charge < -0.3 is 24.2 Å². The summed E-state index contributed by atoms with van der Waals surface area (Å²) in [6, 6.07) is 17.1. The van der Waals surface area contributed by atoms with Crippen molar-refractivity contribution in [3.63, 3.8) is 0 Å². The molecule has 3 heterocycles. The van der Waals surface area contributed by atoms with Gasteiger partial charge in [0.15, 0.2) is 6.29 Å². The maximum Gasteiger partial charge on any atom is 0.411 e. The Balaban J connectivity index is 1.26. The minimum atomic E-state index is -0.568. The lowest BCUT2D eigenvalue weighted by molar-refractivity contribution is -0.253. The molecule has 2 fully saturated rings. The van der Waals surface area contributed by atoms with Gasteiger partial charge in [0.25, 0.3) is 0 Å². The van der Waals surface area contributed by atoms with Gasteiger partial charge in [-0.05, 0) is 29.3 Å². The summed E-state index contributed by atoms with van der Waals surface area (Å²) in [5.74, 6) is 0.767. The minimum absolute atomic E-state index is 0.00167. The summed E-state index contributed by atoms with van der Waals surface area (Å²) in [5, 5.41) is 12.2. The molecule has 5 rings (SSSR count). The second-order valence-corrected chi connectivity index (χ2v) is 9.82. The number of nitrogens with one attached hydrogen (secondary N) is 1. The fourth-order valence-electron chi connectivity index (χ4n) is 4.92. The van der Waals surface area contributed by atoms with E-state index in [0.29, 0.717) is 12.1 Å². The van der Waals surface area contributed by atoms with Gasteiger partial charge >= 0.3 is 6.09 Å². The van der Waals surface area contributed by atoms with E-state index in [4.69, 9.17) is 14.2 Å². The molecule has 3 unspecified atom stereocenters. The van der Waals surface area contributed by atoms with Gasteiger partial charge in [0.1, 0.15) is 6.61 Å². The van der Waals surface area contributed by atoms with Crippen LogP contribution in [0.25, 0.3) is 0 Å².